The third kappa shape index (κ3) is 3.13. The molecule has 0 aromatic carbocycles. The van der Waals surface area contributed by atoms with Crippen molar-refractivity contribution < 1.29 is 4.79 Å². The lowest BCUT2D eigenvalue weighted by Crippen LogP contribution is -2.47. The Balaban J connectivity index is 1.72. The molecule has 0 spiro atoms. The molecule has 2 aliphatic rings. The van der Waals surface area contributed by atoms with Crippen molar-refractivity contribution in [1.29, 1.82) is 5.26 Å². The second-order valence-corrected chi connectivity index (χ2v) is 4.90. The van der Waals surface area contributed by atoms with Crippen LogP contribution in [0.2, 0.25) is 0 Å². The Morgan fingerprint density at radius 1 is 1.19 bits per heavy atom. The van der Waals surface area contributed by atoms with Gasteiger partial charge in [0, 0.05) is 6.04 Å². The largest absolute Gasteiger partial charge is 0.335 e. The van der Waals surface area contributed by atoms with Crippen LogP contribution in [0.4, 0.5) is 4.79 Å². The zero-order valence-electron chi connectivity index (χ0n) is 9.54. The molecule has 0 aromatic rings. The molecule has 1 atom stereocenters. The minimum atomic E-state index is -0.288. The minimum absolute atomic E-state index is 0.162. The smallest absolute Gasteiger partial charge is 0.316 e. The van der Waals surface area contributed by atoms with E-state index < -0.39 is 0 Å². The van der Waals surface area contributed by atoms with E-state index in [0.29, 0.717) is 12.0 Å². The molecule has 0 aromatic heterocycles. The van der Waals surface area contributed by atoms with Gasteiger partial charge in [-0.3, -0.25) is 0 Å². The van der Waals surface area contributed by atoms with Crippen molar-refractivity contribution in [2.45, 2.75) is 57.0 Å². The van der Waals surface area contributed by atoms with Crippen molar-refractivity contribution >= 4 is 6.03 Å². The van der Waals surface area contributed by atoms with Crippen LogP contribution in [0.15, 0.2) is 0 Å². The number of hydrogen-bond acceptors (Lipinski definition) is 2. The van der Waals surface area contributed by atoms with Gasteiger partial charge in [-0.25, -0.2) is 4.79 Å². The van der Waals surface area contributed by atoms with Crippen molar-refractivity contribution in [3.63, 3.8) is 0 Å². The van der Waals surface area contributed by atoms with E-state index in [1.54, 1.807) is 0 Å². The molecule has 0 aliphatic heterocycles. The van der Waals surface area contributed by atoms with E-state index in [9.17, 15) is 4.79 Å². The molecule has 2 rings (SSSR count). The Hall–Kier alpha value is -1.24. The Bertz CT molecular complexity index is 287. The summed E-state index contributed by atoms with van der Waals surface area (Å²) in [7, 11) is 0. The first-order valence-electron chi connectivity index (χ1n) is 6.26. The number of rotatable bonds is 3. The molecule has 2 amide bonds. The van der Waals surface area contributed by atoms with Crippen LogP contribution in [0.1, 0.15) is 44.9 Å². The average Bonchev–Trinajstić information content (AvgIpc) is 3.11. The number of urea groups is 1. The molecule has 1 unspecified atom stereocenters. The van der Waals surface area contributed by atoms with Gasteiger partial charge in [0.05, 0.1) is 6.07 Å². The summed E-state index contributed by atoms with van der Waals surface area (Å²) in [6, 6.07) is 2.02. The van der Waals surface area contributed by atoms with E-state index in [0.717, 1.165) is 25.7 Å². The SMILES string of the molecule is N#CC(NC(=O)NC1CCCCC1)C1CC1. The highest BCUT2D eigenvalue weighted by Crippen LogP contribution is 2.32. The number of nitrogens with one attached hydrogen (secondary N) is 2. The van der Waals surface area contributed by atoms with Gasteiger partial charge in [-0.15, -0.1) is 0 Å². The molecule has 0 radical (unpaired) electrons. The fourth-order valence-electron chi connectivity index (χ4n) is 2.30. The van der Waals surface area contributed by atoms with E-state index >= 15 is 0 Å². The molecular formula is C12H19N3O. The Kier molecular flexibility index (Phi) is 3.66. The predicted molar refractivity (Wildman–Crippen MR) is 60.7 cm³/mol. The standard InChI is InChI=1S/C12H19N3O/c13-8-11(9-6-7-9)15-12(16)14-10-4-2-1-3-5-10/h9-11H,1-7H2,(H2,14,15,16). The molecule has 88 valence electrons. The third-order valence-corrected chi connectivity index (χ3v) is 3.46. The molecule has 16 heavy (non-hydrogen) atoms. The van der Waals surface area contributed by atoms with Gasteiger partial charge < -0.3 is 10.6 Å². The maximum Gasteiger partial charge on any atom is 0.316 e. The lowest BCUT2D eigenvalue weighted by atomic mass is 9.96. The van der Waals surface area contributed by atoms with E-state index in [1.807, 2.05) is 0 Å². The van der Waals surface area contributed by atoms with Crippen molar-refractivity contribution in [2.24, 2.45) is 5.92 Å². The van der Waals surface area contributed by atoms with Gasteiger partial charge in [-0.1, -0.05) is 19.3 Å². The highest BCUT2D eigenvalue weighted by atomic mass is 16.2. The van der Waals surface area contributed by atoms with Crippen LogP contribution in [-0.2, 0) is 0 Å². The van der Waals surface area contributed by atoms with E-state index in [2.05, 4.69) is 16.7 Å². The monoisotopic (exact) mass is 221 g/mol. The van der Waals surface area contributed by atoms with Gasteiger partial charge in [0.2, 0.25) is 0 Å². The molecule has 2 N–H and O–H groups in total. The second-order valence-electron chi connectivity index (χ2n) is 4.90. The molecule has 4 nitrogen and oxygen atoms in total. The first-order valence-corrected chi connectivity index (χ1v) is 6.26. The van der Waals surface area contributed by atoms with Gasteiger partial charge in [-0.05, 0) is 31.6 Å². The van der Waals surface area contributed by atoms with Crippen molar-refractivity contribution in [2.75, 3.05) is 0 Å². The predicted octanol–water partition coefficient (Wildman–Crippen LogP) is 1.92. The van der Waals surface area contributed by atoms with Crippen LogP contribution in [0, 0.1) is 17.2 Å². The maximum absolute atomic E-state index is 11.6. The van der Waals surface area contributed by atoms with Crippen LogP contribution in [0.3, 0.4) is 0 Å². The van der Waals surface area contributed by atoms with E-state index in [4.69, 9.17) is 5.26 Å². The van der Waals surface area contributed by atoms with Crippen molar-refractivity contribution in [3.8, 4) is 6.07 Å². The van der Waals surface area contributed by atoms with Gasteiger partial charge in [0.25, 0.3) is 0 Å². The summed E-state index contributed by atoms with van der Waals surface area (Å²) >= 11 is 0. The Morgan fingerprint density at radius 3 is 2.44 bits per heavy atom. The fraction of sp³-hybridized carbons (Fsp3) is 0.833. The van der Waals surface area contributed by atoms with Gasteiger partial charge >= 0.3 is 6.03 Å². The summed E-state index contributed by atoms with van der Waals surface area (Å²) in [4.78, 5) is 11.6. The summed E-state index contributed by atoms with van der Waals surface area (Å²) in [6.07, 6.45) is 7.99. The van der Waals surface area contributed by atoms with Crippen molar-refractivity contribution in [3.05, 3.63) is 0 Å². The minimum Gasteiger partial charge on any atom is -0.335 e. The summed E-state index contributed by atoms with van der Waals surface area (Å²) in [6.45, 7) is 0. The first-order chi connectivity index (χ1) is 7.79. The molecular weight excluding hydrogens is 202 g/mol. The molecule has 4 heteroatoms. The molecule has 2 saturated carbocycles. The number of nitrogens with zero attached hydrogens (tertiary/aromatic N) is 1. The zero-order valence-corrected chi connectivity index (χ0v) is 9.54. The number of nitriles is 1. The second kappa shape index (κ2) is 5.20. The van der Waals surface area contributed by atoms with Crippen molar-refractivity contribution in [1.82, 2.24) is 10.6 Å². The lowest BCUT2D eigenvalue weighted by molar-refractivity contribution is 0.230. The van der Waals surface area contributed by atoms with Crippen LogP contribution in [0.5, 0.6) is 0 Å². The van der Waals surface area contributed by atoms with Gasteiger partial charge in [0.15, 0.2) is 0 Å². The number of carbonyl (C=O) groups excluding carboxylic acids is 1. The highest BCUT2D eigenvalue weighted by Gasteiger charge is 2.32. The summed E-state index contributed by atoms with van der Waals surface area (Å²) in [5, 5.41) is 14.6. The topological polar surface area (TPSA) is 64.9 Å². The number of carbonyl (C=O) groups is 1. The maximum atomic E-state index is 11.6. The van der Waals surface area contributed by atoms with Gasteiger partial charge in [-0.2, -0.15) is 5.26 Å². The van der Waals surface area contributed by atoms with Gasteiger partial charge in [0.1, 0.15) is 6.04 Å². The molecule has 0 saturated heterocycles. The van der Waals surface area contributed by atoms with E-state index in [-0.39, 0.29) is 12.1 Å². The summed E-state index contributed by atoms with van der Waals surface area (Å²) in [5.41, 5.74) is 0. The first kappa shape index (κ1) is 11.3. The molecule has 0 heterocycles. The molecule has 2 aliphatic carbocycles. The fourth-order valence-corrected chi connectivity index (χ4v) is 2.30. The van der Waals surface area contributed by atoms with E-state index in [1.165, 1.54) is 19.3 Å². The normalized spacial score (nSPS) is 23.2. The highest BCUT2D eigenvalue weighted by molar-refractivity contribution is 5.75. The number of amides is 2. The number of hydrogen-bond donors (Lipinski definition) is 2. The molecule has 0 bridgehead atoms. The zero-order chi connectivity index (χ0) is 11.4. The van der Waals surface area contributed by atoms with Crippen LogP contribution < -0.4 is 10.6 Å². The van der Waals surface area contributed by atoms with Crippen LogP contribution >= 0.6 is 0 Å². The quantitative estimate of drug-likeness (QED) is 0.764. The van der Waals surface area contributed by atoms with Crippen LogP contribution in [0.25, 0.3) is 0 Å². The van der Waals surface area contributed by atoms with Crippen LogP contribution in [-0.4, -0.2) is 18.1 Å². The summed E-state index contributed by atoms with van der Waals surface area (Å²) < 4.78 is 0. The molecule has 2 fully saturated rings. The Morgan fingerprint density at radius 2 is 1.88 bits per heavy atom. The Labute approximate surface area is 96.4 Å². The lowest BCUT2D eigenvalue weighted by Gasteiger charge is -2.23. The summed E-state index contributed by atoms with van der Waals surface area (Å²) in [5.74, 6) is 0.391. The third-order valence-electron chi connectivity index (χ3n) is 3.46. The average molecular weight is 221 g/mol.